The first-order chi connectivity index (χ1) is 9.56. The maximum absolute atomic E-state index is 12.0. The first kappa shape index (κ1) is 14.5. The van der Waals surface area contributed by atoms with Gasteiger partial charge in [0.1, 0.15) is 10.8 Å². The smallest absolute Gasteiger partial charge is 0.266 e. The largest absolute Gasteiger partial charge is 0.481 e. The second kappa shape index (κ2) is 6.47. The Hall–Kier alpha value is -1.95. The van der Waals surface area contributed by atoms with E-state index in [0.717, 1.165) is 5.01 Å². The molecule has 2 rings (SSSR count). The predicted octanol–water partition coefficient (Wildman–Crippen LogP) is 3.07. The molecule has 1 heterocycles. The van der Waals surface area contributed by atoms with E-state index in [-0.39, 0.29) is 5.91 Å². The van der Waals surface area contributed by atoms with Gasteiger partial charge in [0.05, 0.1) is 0 Å². The Kier molecular flexibility index (Phi) is 4.68. The summed E-state index contributed by atoms with van der Waals surface area (Å²) in [7, 11) is 0. The van der Waals surface area contributed by atoms with Crippen LogP contribution in [0.15, 0.2) is 30.3 Å². The molecule has 0 bridgehead atoms. The number of anilines is 1. The zero-order chi connectivity index (χ0) is 14.5. The average molecular weight is 291 g/mol. The lowest BCUT2D eigenvalue weighted by atomic mass is 10.2. The third-order valence-corrected chi connectivity index (χ3v) is 3.73. The summed E-state index contributed by atoms with van der Waals surface area (Å²) in [6, 6.07) is 9.24. The van der Waals surface area contributed by atoms with Crippen LogP contribution in [-0.2, 0) is 4.79 Å². The summed E-state index contributed by atoms with van der Waals surface area (Å²) in [4.78, 5) is 12.0. The molecule has 1 aromatic heterocycles. The minimum atomic E-state index is -0.594. The number of amides is 1. The second-order valence-corrected chi connectivity index (χ2v) is 5.67. The zero-order valence-corrected chi connectivity index (χ0v) is 12.5. The number of hydrogen-bond acceptors (Lipinski definition) is 5. The van der Waals surface area contributed by atoms with Crippen molar-refractivity contribution in [2.75, 3.05) is 5.32 Å². The fourth-order valence-corrected chi connectivity index (χ4v) is 2.23. The number of carbonyl (C=O) groups is 1. The van der Waals surface area contributed by atoms with Gasteiger partial charge in [0.2, 0.25) is 5.13 Å². The van der Waals surface area contributed by atoms with Crippen LogP contribution in [0.3, 0.4) is 0 Å². The zero-order valence-electron chi connectivity index (χ0n) is 11.7. The number of carbonyl (C=O) groups excluding carboxylic acids is 1. The van der Waals surface area contributed by atoms with Crippen molar-refractivity contribution in [2.24, 2.45) is 0 Å². The van der Waals surface area contributed by atoms with Gasteiger partial charge in [-0.05, 0) is 19.1 Å². The number of rotatable bonds is 5. The summed E-state index contributed by atoms with van der Waals surface area (Å²) < 4.78 is 5.55. The van der Waals surface area contributed by atoms with Gasteiger partial charge in [-0.25, -0.2) is 0 Å². The van der Waals surface area contributed by atoms with E-state index < -0.39 is 6.10 Å². The van der Waals surface area contributed by atoms with Gasteiger partial charge in [0.25, 0.3) is 5.91 Å². The third-order valence-electron chi connectivity index (χ3n) is 2.59. The Bertz CT molecular complexity index is 569. The van der Waals surface area contributed by atoms with Crippen LogP contribution in [0, 0.1) is 0 Å². The summed E-state index contributed by atoms with van der Waals surface area (Å²) >= 11 is 1.38. The molecular weight excluding hydrogens is 274 g/mol. The summed E-state index contributed by atoms with van der Waals surface area (Å²) in [5.74, 6) is 0.728. The van der Waals surface area contributed by atoms with Gasteiger partial charge in [-0.2, -0.15) is 0 Å². The van der Waals surface area contributed by atoms with Crippen LogP contribution in [0.5, 0.6) is 5.75 Å². The van der Waals surface area contributed by atoms with Crippen molar-refractivity contribution in [3.05, 3.63) is 35.3 Å². The van der Waals surface area contributed by atoms with E-state index in [1.807, 2.05) is 44.2 Å². The molecule has 0 spiro atoms. The van der Waals surface area contributed by atoms with E-state index in [2.05, 4.69) is 15.5 Å². The van der Waals surface area contributed by atoms with E-state index in [4.69, 9.17) is 4.74 Å². The molecule has 2 aromatic rings. The molecule has 106 valence electrons. The van der Waals surface area contributed by atoms with Crippen molar-refractivity contribution in [1.29, 1.82) is 0 Å². The molecule has 1 amide bonds. The Morgan fingerprint density at radius 1 is 1.20 bits per heavy atom. The number of para-hydroxylation sites is 1. The van der Waals surface area contributed by atoms with Crippen LogP contribution in [0.4, 0.5) is 5.13 Å². The molecule has 20 heavy (non-hydrogen) atoms. The van der Waals surface area contributed by atoms with Crippen LogP contribution < -0.4 is 10.1 Å². The number of aromatic nitrogens is 2. The highest BCUT2D eigenvalue weighted by molar-refractivity contribution is 7.15. The molecule has 0 saturated heterocycles. The van der Waals surface area contributed by atoms with Crippen LogP contribution >= 0.6 is 11.3 Å². The quantitative estimate of drug-likeness (QED) is 0.919. The molecule has 1 aromatic carbocycles. The highest BCUT2D eigenvalue weighted by Gasteiger charge is 2.17. The minimum absolute atomic E-state index is 0.236. The molecule has 0 fully saturated rings. The number of nitrogens with one attached hydrogen (secondary N) is 1. The molecular formula is C14H17N3O2S. The lowest BCUT2D eigenvalue weighted by Gasteiger charge is -2.13. The highest BCUT2D eigenvalue weighted by Crippen LogP contribution is 2.22. The van der Waals surface area contributed by atoms with Crippen molar-refractivity contribution in [3.8, 4) is 5.75 Å². The third kappa shape index (κ3) is 3.77. The van der Waals surface area contributed by atoms with Crippen molar-refractivity contribution >= 4 is 22.4 Å². The molecule has 5 nitrogen and oxygen atoms in total. The Labute approximate surface area is 122 Å². The molecule has 0 aliphatic carbocycles. The van der Waals surface area contributed by atoms with Gasteiger partial charge in [0.15, 0.2) is 6.10 Å². The average Bonchev–Trinajstić information content (AvgIpc) is 2.88. The van der Waals surface area contributed by atoms with Gasteiger partial charge in [-0.3, -0.25) is 10.1 Å². The first-order valence-corrected chi connectivity index (χ1v) is 7.24. The Morgan fingerprint density at radius 3 is 2.50 bits per heavy atom. The van der Waals surface area contributed by atoms with Crippen molar-refractivity contribution in [1.82, 2.24) is 10.2 Å². The van der Waals surface area contributed by atoms with Gasteiger partial charge in [0, 0.05) is 5.92 Å². The molecule has 1 N–H and O–H groups in total. The molecule has 0 aliphatic heterocycles. The Balaban J connectivity index is 1.93. The number of benzene rings is 1. The first-order valence-electron chi connectivity index (χ1n) is 6.42. The van der Waals surface area contributed by atoms with E-state index in [1.165, 1.54) is 11.3 Å². The molecule has 1 unspecified atom stereocenters. The van der Waals surface area contributed by atoms with E-state index in [1.54, 1.807) is 6.92 Å². The number of hydrogen-bond donors (Lipinski definition) is 1. The monoisotopic (exact) mass is 291 g/mol. The molecule has 1 atom stereocenters. The molecule has 0 radical (unpaired) electrons. The highest BCUT2D eigenvalue weighted by atomic mass is 32.1. The van der Waals surface area contributed by atoms with Gasteiger partial charge < -0.3 is 4.74 Å². The maximum atomic E-state index is 12.0. The summed E-state index contributed by atoms with van der Waals surface area (Å²) in [5, 5.41) is 12.1. The van der Waals surface area contributed by atoms with E-state index >= 15 is 0 Å². The van der Waals surface area contributed by atoms with E-state index in [9.17, 15) is 4.79 Å². The summed E-state index contributed by atoms with van der Waals surface area (Å²) in [6.07, 6.45) is -0.594. The van der Waals surface area contributed by atoms with E-state index in [0.29, 0.717) is 16.8 Å². The lowest BCUT2D eigenvalue weighted by Crippen LogP contribution is -2.30. The Morgan fingerprint density at radius 2 is 1.90 bits per heavy atom. The van der Waals surface area contributed by atoms with Gasteiger partial charge in [-0.1, -0.05) is 43.4 Å². The summed E-state index contributed by atoms with van der Waals surface area (Å²) in [6.45, 7) is 5.77. The minimum Gasteiger partial charge on any atom is -0.481 e. The van der Waals surface area contributed by atoms with Gasteiger partial charge in [-0.15, -0.1) is 10.2 Å². The van der Waals surface area contributed by atoms with Crippen molar-refractivity contribution in [2.45, 2.75) is 32.8 Å². The van der Waals surface area contributed by atoms with Gasteiger partial charge >= 0.3 is 0 Å². The molecule has 0 saturated carbocycles. The standard InChI is InChI=1S/C14H17N3O2S/c1-9(2)13-16-17-14(20-13)15-12(18)10(3)19-11-7-5-4-6-8-11/h4-10H,1-3H3,(H,15,17,18). The van der Waals surface area contributed by atoms with Crippen LogP contribution in [0.25, 0.3) is 0 Å². The topological polar surface area (TPSA) is 64.1 Å². The lowest BCUT2D eigenvalue weighted by molar-refractivity contribution is -0.122. The number of ether oxygens (including phenoxy) is 1. The van der Waals surface area contributed by atoms with Crippen LogP contribution in [0.1, 0.15) is 31.7 Å². The molecule has 0 aliphatic rings. The van der Waals surface area contributed by atoms with Crippen molar-refractivity contribution in [3.63, 3.8) is 0 Å². The number of nitrogens with zero attached hydrogens (tertiary/aromatic N) is 2. The van der Waals surface area contributed by atoms with Crippen LogP contribution in [-0.4, -0.2) is 22.2 Å². The normalized spacial score (nSPS) is 12.2. The van der Waals surface area contributed by atoms with Crippen LogP contribution in [0.2, 0.25) is 0 Å². The molecule has 6 heteroatoms. The fourth-order valence-electron chi connectivity index (χ4n) is 1.48. The fraction of sp³-hybridized carbons (Fsp3) is 0.357. The second-order valence-electron chi connectivity index (χ2n) is 4.66. The summed E-state index contributed by atoms with van der Waals surface area (Å²) in [5.41, 5.74) is 0. The maximum Gasteiger partial charge on any atom is 0.266 e. The SMILES string of the molecule is CC(Oc1ccccc1)C(=O)Nc1nnc(C(C)C)s1. The van der Waals surface area contributed by atoms with Crippen molar-refractivity contribution < 1.29 is 9.53 Å². The predicted molar refractivity (Wildman–Crippen MR) is 79.2 cm³/mol.